The highest BCUT2D eigenvalue weighted by atomic mass is 16.5. The number of nitrogens with one attached hydrogen (secondary N) is 1. The van der Waals surface area contributed by atoms with E-state index >= 15 is 0 Å². The van der Waals surface area contributed by atoms with Gasteiger partial charge in [-0.25, -0.2) is 0 Å². The molecule has 0 aromatic heterocycles. The van der Waals surface area contributed by atoms with E-state index < -0.39 is 0 Å². The van der Waals surface area contributed by atoms with Crippen molar-refractivity contribution in [2.24, 2.45) is 5.73 Å². The van der Waals surface area contributed by atoms with Gasteiger partial charge in [-0.2, -0.15) is 0 Å². The molecule has 1 atom stereocenters. The molecule has 1 heterocycles. The number of fused-ring (bicyclic) bond motifs is 1. The Kier molecular flexibility index (Phi) is 2.60. The molecule has 15 heavy (non-hydrogen) atoms. The minimum absolute atomic E-state index is 0.0247. The third-order valence-corrected chi connectivity index (χ3v) is 2.52. The van der Waals surface area contributed by atoms with Crippen molar-refractivity contribution in [2.45, 2.75) is 12.5 Å². The normalized spacial score (nSPS) is 18.9. The number of hydrogen-bond donors (Lipinski definition) is 2. The first-order chi connectivity index (χ1) is 7.22. The Labute approximate surface area is 88.4 Å². The Morgan fingerprint density at radius 3 is 3.13 bits per heavy atom. The van der Waals surface area contributed by atoms with Gasteiger partial charge in [-0.15, -0.1) is 0 Å². The average molecular weight is 206 g/mol. The second kappa shape index (κ2) is 3.90. The first-order valence-corrected chi connectivity index (χ1v) is 4.94. The molecule has 4 heteroatoms. The standard InChI is InChI=1S/C11H14N2O2/c1-13-11(14)8-3-2-4-10-9(8)5-7(12)6-15-10/h2-4,7H,5-6,12H2,1H3,(H,13,14). The van der Waals surface area contributed by atoms with Gasteiger partial charge < -0.3 is 15.8 Å². The lowest BCUT2D eigenvalue weighted by molar-refractivity contribution is 0.0960. The Balaban J connectivity index is 2.44. The molecule has 1 aliphatic heterocycles. The highest BCUT2D eigenvalue weighted by Crippen LogP contribution is 2.27. The van der Waals surface area contributed by atoms with Gasteiger partial charge in [0.05, 0.1) is 0 Å². The van der Waals surface area contributed by atoms with Crippen LogP contribution in [0, 0.1) is 0 Å². The highest BCUT2D eigenvalue weighted by molar-refractivity contribution is 5.96. The van der Waals surface area contributed by atoms with Crippen molar-refractivity contribution in [2.75, 3.05) is 13.7 Å². The topological polar surface area (TPSA) is 64.4 Å². The predicted molar refractivity (Wildman–Crippen MR) is 57.0 cm³/mol. The van der Waals surface area contributed by atoms with Crippen LogP contribution in [0.5, 0.6) is 5.75 Å². The molecule has 4 nitrogen and oxygen atoms in total. The number of hydrogen-bond acceptors (Lipinski definition) is 3. The number of ether oxygens (including phenoxy) is 1. The lowest BCUT2D eigenvalue weighted by Crippen LogP contribution is -2.35. The molecule has 0 saturated carbocycles. The molecule has 1 aromatic rings. The number of carbonyl (C=O) groups is 1. The van der Waals surface area contributed by atoms with Gasteiger partial charge in [0.1, 0.15) is 12.4 Å². The van der Waals surface area contributed by atoms with Gasteiger partial charge >= 0.3 is 0 Å². The van der Waals surface area contributed by atoms with Gasteiger partial charge in [-0.3, -0.25) is 4.79 Å². The van der Waals surface area contributed by atoms with Crippen molar-refractivity contribution in [1.82, 2.24) is 5.32 Å². The van der Waals surface area contributed by atoms with Crippen LogP contribution in [0.1, 0.15) is 15.9 Å². The first kappa shape index (κ1) is 9.98. The molecule has 0 fully saturated rings. The van der Waals surface area contributed by atoms with E-state index in [4.69, 9.17) is 10.5 Å². The van der Waals surface area contributed by atoms with Crippen molar-refractivity contribution in [3.63, 3.8) is 0 Å². The van der Waals surface area contributed by atoms with E-state index in [9.17, 15) is 4.79 Å². The molecule has 3 N–H and O–H groups in total. The smallest absolute Gasteiger partial charge is 0.251 e. The Morgan fingerprint density at radius 2 is 2.40 bits per heavy atom. The van der Waals surface area contributed by atoms with E-state index in [2.05, 4.69) is 5.32 Å². The lowest BCUT2D eigenvalue weighted by Gasteiger charge is -2.24. The van der Waals surface area contributed by atoms with Crippen molar-refractivity contribution in [3.8, 4) is 5.75 Å². The summed E-state index contributed by atoms with van der Waals surface area (Å²) in [5, 5.41) is 2.61. The summed E-state index contributed by atoms with van der Waals surface area (Å²) in [5.41, 5.74) is 7.37. The number of rotatable bonds is 1. The van der Waals surface area contributed by atoms with Gasteiger partial charge in [0.2, 0.25) is 0 Å². The predicted octanol–water partition coefficient (Wildman–Crippen LogP) is 0.308. The maximum Gasteiger partial charge on any atom is 0.251 e. The Bertz CT molecular complexity index is 390. The zero-order valence-electron chi connectivity index (χ0n) is 8.62. The Hall–Kier alpha value is -1.55. The minimum Gasteiger partial charge on any atom is -0.492 e. The van der Waals surface area contributed by atoms with Crippen LogP contribution in [0.15, 0.2) is 18.2 Å². The van der Waals surface area contributed by atoms with E-state index in [0.29, 0.717) is 18.6 Å². The quantitative estimate of drug-likeness (QED) is 0.695. The molecule has 0 saturated heterocycles. The molecule has 0 radical (unpaired) electrons. The van der Waals surface area contributed by atoms with Gasteiger partial charge in [0.15, 0.2) is 0 Å². The summed E-state index contributed by atoms with van der Waals surface area (Å²) in [5.74, 6) is 0.683. The van der Waals surface area contributed by atoms with Crippen molar-refractivity contribution < 1.29 is 9.53 Å². The van der Waals surface area contributed by atoms with E-state index in [0.717, 1.165) is 11.3 Å². The van der Waals surface area contributed by atoms with Crippen LogP contribution in [-0.4, -0.2) is 25.6 Å². The monoisotopic (exact) mass is 206 g/mol. The van der Waals surface area contributed by atoms with Gasteiger partial charge in [-0.1, -0.05) is 6.07 Å². The van der Waals surface area contributed by atoms with Crippen molar-refractivity contribution in [1.29, 1.82) is 0 Å². The molecule has 1 aromatic carbocycles. The van der Waals surface area contributed by atoms with Crippen LogP contribution in [0.3, 0.4) is 0 Å². The molecular weight excluding hydrogens is 192 g/mol. The maximum atomic E-state index is 11.6. The molecule has 80 valence electrons. The van der Waals surface area contributed by atoms with Crippen LogP contribution in [-0.2, 0) is 6.42 Å². The van der Waals surface area contributed by atoms with Crippen LogP contribution in [0.4, 0.5) is 0 Å². The van der Waals surface area contributed by atoms with E-state index in [1.807, 2.05) is 12.1 Å². The van der Waals surface area contributed by atoms with Crippen molar-refractivity contribution >= 4 is 5.91 Å². The fraction of sp³-hybridized carbons (Fsp3) is 0.364. The van der Waals surface area contributed by atoms with E-state index in [-0.39, 0.29) is 11.9 Å². The summed E-state index contributed by atoms with van der Waals surface area (Å²) in [6.45, 7) is 0.518. The van der Waals surface area contributed by atoms with Gasteiger partial charge in [0.25, 0.3) is 5.91 Å². The van der Waals surface area contributed by atoms with Gasteiger partial charge in [0, 0.05) is 24.2 Å². The van der Waals surface area contributed by atoms with Crippen LogP contribution >= 0.6 is 0 Å². The number of carbonyl (C=O) groups excluding carboxylic acids is 1. The summed E-state index contributed by atoms with van der Waals surface area (Å²) in [4.78, 5) is 11.6. The summed E-state index contributed by atoms with van der Waals surface area (Å²) in [6.07, 6.45) is 0.693. The molecular formula is C11H14N2O2. The zero-order valence-corrected chi connectivity index (χ0v) is 8.62. The SMILES string of the molecule is CNC(=O)c1cccc2c1CC(N)CO2. The molecule has 0 aliphatic carbocycles. The fourth-order valence-corrected chi connectivity index (χ4v) is 1.78. The molecule has 1 unspecified atom stereocenters. The summed E-state index contributed by atoms with van der Waals surface area (Å²) >= 11 is 0. The average Bonchev–Trinajstić information content (AvgIpc) is 2.27. The molecule has 0 bridgehead atoms. The van der Waals surface area contributed by atoms with Crippen LogP contribution in [0.2, 0.25) is 0 Å². The fourth-order valence-electron chi connectivity index (χ4n) is 1.78. The number of amides is 1. The summed E-state index contributed by atoms with van der Waals surface area (Å²) < 4.78 is 5.47. The second-order valence-electron chi connectivity index (χ2n) is 3.64. The largest absolute Gasteiger partial charge is 0.492 e. The minimum atomic E-state index is -0.0930. The maximum absolute atomic E-state index is 11.6. The van der Waals surface area contributed by atoms with Crippen LogP contribution < -0.4 is 15.8 Å². The number of benzene rings is 1. The zero-order chi connectivity index (χ0) is 10.8. The third-order valence-electron chi connectivity index (χ3n) is 2.52. The van der Waals surface area contributed by atoms with Gasteiger partial charge in [-0.05, 0) is 18.6 Å². The molecule has 0 spiro atoms. The van der Waals surface area contributed by atoms with Crippen molar-refractivity contribution in [3.05, 3.63) is 29.3 Å². The van der Waals surface area contributed by atoms with Crippen LogP contribution in [0.25, 0.3) is 0 Å². The highest BCUT2D eigenvalue weighted by Gasteiger charge is 2.21. The van der Waals surface area contributed by atoms with E-state index in [1.165, 1.54) is 0 Å². The lowest BCUT2D eigenvalue weighted by atomic mass is 9.97. The van der Waals surface area contributed by atoms with E-state index in [1.54, 1.807) is 13.1 Å². The first-order valence-electron chi connectivity index (χ1n) is 4.94. The third kappa shape index (κ3) is 1.80. The Morgan fingerprint density at radius 1 is 1.60 bits per heavy atom. The second-order valence-corrected chi connectivity index (χ2v) is 3.64. The summed E-state index contributed by atoms with van der Waals surface area (Å²) in [6, 6.07) is 5.45. The molecule has 2 rings (SSSR count). The molecule has 1 aliphatic rings. The summed E-state index contributed by atoms with van der Waals surface area (Å²) in [7, 11) is 1.62. The number of nitrogens with two attached hydrogens (primary N) is 1. The molecule has 1 amide bonds.